The zero-order chi connectivity index (χ0) is 25.6. The number of hydrogen-bond acceptors (Lipinski definition) is 4. The summed E-state index contributed by atoms with van der Waals surface area (Å²) in [5, 5.41) is 4.88. The highest BCUT2D eigenvalue weighted by Gasteiger charge is 2.30. The summed E-state index contributed by atoms with van der Waals surface area (Å²) < 4.78 is 80.5. The zero-order valence-electron chi connectivity index (χ0n) is 18.1. The number of aromatic nitrogens is 1. The Morgan fingerprint density at radius 3 is 2.31 bits per heavy atom. The van der Waals surface area contributed by atoms with Gasteiger partial charge in [0.25, 0.3) is 0 Å². The molecule has 12 heteroatoms. The molecule has 0 atom stereocenters. The lowest BCUT2D eigenvalue weighted by Gasteiger charge is -2.13. The van der Waals surface area contributed by atoms with E-state index in [2.05, 4.69) is 15.6 Å². The second-order valence-corrected chi connectivity index (χ2v) is 8.30. The number of nitrogens with one attached hydrogen (secondary N) is 2. The normalized spacial score (nSPS) is 11.7. The Morgan fingerprint density at radius 1 is 0.971 bits per heavy atom. The van der Waals surface area contributed by atoms with Crippen LogP contribution in [-0.4, -0.2) is 23.8 Å². The Kier molecular flexibility index (Phi) is 8.15. The fourth-order valence-corrected chi connectivity index (χ4v) is 3.80. The van der Waals surface area contributed by atoms with E-state index >= 15 is 0 Å². The molecule has 0 aliphatic rings. The predicted molar refractivity (Wildman–Crippen MR) is 121 cm³/mol. The van der Waals surface area contributed by atoms with E-state index in [1.807, 2.05) is 0 Å². The monoisotopic (exact) mass is 515 g/mol. The van der Waals surface area contributed by atoms with E-state index in [-0.39, 0.29) is 11.4 Å². The van der Waals surface area contributed by atoms with Crippen molar-refractivity contribution in [3.05, 3.63) is 77.6 Å². The molecule has 0 fully saturated rings. The fraction of sp³-hybridized carbons (Fsp3) is 0.217. The van der Waals surface area contributed by atoms with E-state index in [9.17, 15) is 31.1 Å². The first kappa shape index (κ1) is 26.2. The molecule has 3 aromatic rings. The second kappa shape index (κ2) is 10.9. The smallest absolute Gasteiger partial charge is 0.422 e. The van der Waals surface area contributed by atoms with Crippen molar-refractivity contribution >= 4 is 29.2 Å². The Bertz CT molecular complexity index is 1170. The maximum absolute atomic E-state index is 12.8. The van der Waals surface area contributed by atoms with Gasteiger partial charge in [-0.1, -0.05) is 6.07 Å². The summed E-state index contributed by atoms with van der Waals surface area (Å²) in [6.07, 6.45) is -7.58. The molecule has 0 spiro atoms. The van der Waals surface area contributed by atoms with Crippen molar-refractivity contribution in [2.24, 2.45) is 0 Å². The van der Waals surface area contributed by atoms with E-state index in [4.69, 9.17) is 4.74 Å². The number of benzene rings is 2. The zero-order valence-corrected chi connectivity index (χ0v) is 18.9. The number of urea groups is 1. The molecule has 1 aromatic heterocycles. The summed E-state index contributed by atoms with van der Waals surface area (Å²) in [6.45, 7) is 0.241. The number of carbonyl (C=O) groups excluding carboxylic acids is 1. The third-order valence-corrected chi connectivity index (χ3v) is 5.61. The van der Waals surface area contributed by atoms with Crippen LogP contribution >= 0.6 is 11.8 Å². The molecule has 1 heterocycles. The second-order valence-electron chi connectivity index (χ2n) is 7.26. The van der Waals surface area contributed by atoms with Crippen molar-refractivity contribution in [3.8, 4) is 5.75 Å². The van der Waals surface area contributed by atoms with Gasteiger partial charge in [-0.3, -0.25) is 4.98 Å². The number of hydrogen-bond donors (Lipinski definition) is 2. The van der Waals surface area contributed by atoms with E-state index in [0.29, 0.717) is 22.7 Å². The van der Waals surface area contributed by atoms with Crippen LogP contribution in [0.25, 0.3) is 0 Å². The van der Waals surface area contributed by atoms with Gasteiger partial charge in [0.15, 0.2) is 6.61 Å². The molecule has 0 saturated heterocycles. The number of pyridine rings is 1. The Morgan fingerprint density at radius 2 is 1.66 bits per heavy atom. The van der Waals surface area contributed by atoms with Gasteiger partial charge in [-0.25, -0.2) is 4.79 Å². The average Bonchev–Trinajstić information content (AvgIpc) is 2.77. The molecule has 2 N–H and O–H groups in total. The molecule has 0 unspecified atom stereocenters. The molecular weight excluding hydrogens is 496 g/mol. The minimum absolute atomic E-state index is 0.00573. The lowest BCUT2D eigenvalue weighted by Crippen LogP contribution is -2.19. The Balaban J connectivity index is 1.55. The van der Waals surface area contributed by atoms with Gasteiger partial charge in [-0.2, -0.15) is 26.3 Å². The van der Waals surface area contributed by atoms with Gasteiger partial charge in [0.2, 0.25) is 0 Å². The molecule has 0 saturated carbocycles. The first-order valence-electron chi connectivity index (χ1n) is 10.0. The first-order chi connectivity index (χ1) is 16.4. The number of thioether (sulfide) groups is 1. The molecule has 0 radical (unpaired) electrons. The third kappa shape index (κ3) is 8.09. The Labute approximate surface area is 200 Å². The minimum Gasteiger partial charge on any atom is -0.484 e. The van der Waals surface area contributed by atoms with Crippen molar-refractivity contribution in [2.75, 3.05) is 17.2 Å². The molecule has 0 bridgehead atoms. The summed E-state index contributed by atoms with van der Waals surface area (Å²) in [6, 6.07) is 11.6. The predicted octanol–water partition coefficient (Wildman–Crippen LogP) is 7.29. The molecule has 2 amide bonds. The van der Waals surface area contributed by atoms with Gasteiger partial charge in [0.1, 0.15) is 5.75 Å². The molecule has 0 aliphatic heterocycles. The van der Waals surface area contributed by atoms with Crippen LogP contribution in [0.1, 0.15) is 16.8 Å². The van der Waals surface area contributed by atoms with Crippen LogP contribution in [0.2, 0.25) is 0 Å². The van der Waals surface area contributed by atoms with E-state index in [1.54, 1.807) is 31.2 Å². The van der Waals surface area contributed by atoms with Crippen molar-refractivity contribution in [1.82, 2.24) is 4.98 Å². The fourth-order valence-electron chi connectivity index (χ4n) is 2.87. The Hall–Kier alpha value is -3.41. The first-order valence-corrected chi connectivity index (χ1v) is 11.0. The molecule has 0 aliphatic carbocycles. The summed E-state index contributed by atoms with van der Waals surface area (Å²) >= 11 is 1.38. The highest BCUT2D eigenvalue weighted by atomic mass is 32.2. The highest BCUT2D eigenvalue weighted by molar-refractivity contribution is 7.98. The maximum atomic E-state index is 12.8. The summed E-state index contributed by atoms with van der Waals surface area (Å²) in [5.74, 6) is 0.483. The SMILES string of the molecule is Cc1c(OCC(F)(F)F)ccnc1CSc1ccc(NC(=O)Nc2cccc(C(F)(F)F)c2)cc1. The maximum Gasteiger partial charge on any atom is 0.422 e. The van der Waals surface area contributed by atoms with Crippen LogP contribution in [0, 0.1) is 6.92 Å². The van der Waals surface area contributed by atoms with Gasteiger partial charge in [-0.15, -0.1) is 11.8 Å². The molecule has 5 nitrogen and oxygen atoms in total. The molecule has 186 valence electrons. The summed E-state index contributed by atoms with van der Waals surface area (Å²) in [5.41, 5.74) is 0.606. The van der Waals surface area contributed by atoms with Crippen molar-refractivity contribution in [3.63, 3.8) is 0 Å². The lowest BCUT2D eigenvalue weighted by molar-refractivity contribution is -0.153. The van der Waals surface area contributed by atoms with Crippen LogP contribution < -0.4 is 15.4 Å². The van der Waals surface area contributed by atoms with E-state index in [1.165, 1.54) is 36.2 Å². The molecular formula is C23H19F6N3O2S. The van der Waals surface area contributed by atoms with Crippen LogP contribution in [0.15, 0.2) is 65.7 Å². The number of amides is 2. The topological polar surface area (TPSA) is 63.2 Å². The number of anilines is 2. The number of rotatable bonds is 7. The van der Waals surface area contributed by atoms with Gasteiger partial charge < -0.3 is 15.4 Å². The van der Waals surface area contributed by atoms with E-state index < -0.39 is 30.6 Å². The quantitative estimate of drug-likeness (QED) is 0.256. The molecule has 2 aromatic carbocycles. The van der Waals surface area contributed by atoms with E-state index in [0.717, 1.165) is 17.0 Å². The molecule has 35 heavy (non-hydrogen) atoms. The number of alkyl halides is 6. The molecule has 3 rings (SSSR count). The van der Waals surface area contributed by atoms with Crippen LogP contribution in [-0.2, 0) is 11.9 Å². The minimum atomic E-state index is -4.52. The van der Waals surface area contributed by atoms with Crippen LogP contribution in [0.4, 0.5) is 42.5 Å². The van der Waals surface area contributed by atoms with Crippen LogP contribution in [0.5, 0.6) is 5.75 Å². The summed E-state index contributed by atoms with van der Waals surface area (Å²) in [7, 11) is 0. The van der Waals surface area contributed by atoms with Gasteiger partial charge in [0.05, 0.1) is 11.3 Å². The number of carbonyl (C=O) groups is 1. The van der Waals surface area contributed by atoms with Crippen molar-refractivity contribution < 1.29 is 35.9 Å². The van der Waals surface area contributed by atoms with Gasteiger partial charge in [-0.05, 0) is 55.5 Å². The highest BCUT2D eigenvalue weighted by Crippen LogP contribution is 2.31. The lowest BCUT2D eigenvalue weighted by atomic mass is 10.2. The number of halogens is 6. The largest absolute Gasteiger partial charge is 0.484 e. The standard InChI is InChI=1S/C23H19F6N3O2S/c1-14-19(30-10-9-20(14)34-13-22(24,25)26)12-35-18-7-5-16(6-8-18)31-21(33)32-17-4-2-3-15(11-17)23(27,28)29/h2-11H,12-13H2,1H3,(H2,31,32,33). The van der Waals surface area contributed by atoms with Crippen LogP contribution in [0.3, 0.4) is 0 Å². The van der Waals surface area contributed by atoms with Gasteiger partial charge in [0, 0.05) is 33.8 Å². The summed E-state index contributed by atoms with van der Waals surface area (Å²) in [4.78, 5) is 17.1. The number of ether oxygens (including phenoxy) is 1. The average molecular weight is 515 g/mol. The van der Waals surface area contributed by atoms with Gasteiger partial charge >= 0.3 is 18.4 Å². The van der Waals surface area contributed by atoms with Crippen molar-refractivity contribution in [2.45, 2.75) is 29.9 Å². The third-order valence-electron chi connectivity index (χ3n) is 4.59. The number of nitrogens with zero attached hydrogens (tertiary/aromatic N) is 1. The van der Waals surface area contributed by atoms with Crippen molar-refractivity contribution in [1.29, 1.82) is 0 Å².